The Hall–Kier alpha value is -3.13. The number of hydrogen-bond acceptors (Lipinski definition) is 5. The van der Waals surface area contributed by atoms with Crippen molar-refractivity contribution in [2.45, 2.75) is 19.9 Å². The SMILES string of the molecule is CCNC(=NCc1cccnc1N1CCOCC1)NCCc1cccc(C(=O)NC)c1. The molecule has 1 amide bonds. The second kappa shape index (κ2) is 11.9. The lowest BCUT2D eigenvalue weighted by Gasteiger charge is -2.29. The number of morpholine rings is 1. The average molecular weight is 425 g/mol. The molecule has 1 fully saturated rings. The molecule has 0 aliphatic carbocycles. The van der Waals surface area contributed by atoms with Gasteiger partial charge < -0.3 is 25.6 Å². The van der Waals surface area contributed by atoms with E-state index in [1.54, 1.807) is 7.05 Å². The van der Waals surface area contributed by atoms with E-state index in [0.29, 0.717) is 18.7 Å². The molecule has 0 unspecified atom stereocenters. The number of aliphatic imine (C=N–C) groups is 1. The van der Waals surface area contributed by atoms with Gasteiger partial charge in [-0.2, -0.15) is 0 Å². The second-order valence-corrected chi connectivity index (χ2v) is 7.24. The molecule has 1 aromatic carbocycles. The van der Waals surface area contributed by atoms with E-state index in [9.17, 15) is 4.79 Å². The number of guanidine groups is 1. The van der Waals surface area contributed by atoms with Crippen molar-refractivity contribution in [3.05, 3.63) is 59.3 Å². The van der Waals surface area contributed by atoms with E-state index in [1.165, 1.54) is 0 Å². The van der Waals surface area contributed by atoms with Gasteiger partial charge in [0.1, 0.15) is 5.82 Å². The third-order valence-corrected chi connectivity index (χ3v) is 5.05. The molecule has 0 atom stereocenters. The highest BCUT2D eigenvalue weighted by Crippen LogP contribution is 2.19. The van der Waals surface area contributed by atoms with E-state index in [-0.39, 0.29) is 5.91 Å². The van der Waals surface area contributed by atoms with Crippen LogP contribution >= 0.6 is 0 Å². The number of benzene rings is 1. The summed E-state index contributed by atoms with van der Waals surface area (Å²) >= 11 is 0. The van der Waals surface area contributed by atoms with Crippen LogP contribution in [0.4, 0.5) is 5.82 Å². The van der Waals surface area contributed by atoms with Gasteiger partial charge >= 0.3 is 0 Å². The van der Waals surface area contributed by atoms with Crippen molar-refractivity contribution < 1.29 is 9.53 Å². The zero-order valence-electron chi connectivity index (χ0n) is 18.4. The number of nitrogens with zero attached hydrogens (tertiary/aromatic N) is 3. The molecule has 8 heteroatoms. The number of rotatable bonds is 8. The Kier molecular flexibility index (Phi) is 8.66. The van der Waals surface area contributed by atoms with Gasteiger partial charge in [-0.1, -0.05) is 18.2 Å². The van der Waals surface area contributed by atoms with E-state index in [1.807, 2.05) is 43.5 Å². The van der Waals surface area contributed by atoms with Gasteiger partial charge in [-0.3, -0.25) is 4.79 Å². The van der Waals surface area contributed by atoms with Crippen molar-refractivity contribution in [1.29, 1.82) is 0 Å². The Morgan fingerprint density at radius 3 is 2.81 bits per heavy atom. The summed E-state index contributed by atoms with van der Waals surface area (Å²) in [5.74, 6) is 1.68. The summed E-state index contributed by atoms with van der Waals surface area (Å²) in [6.45, 7) is 7.24. The molecule has 0 bridgehead atoms. The third kappa shape index (κ3) is 6.68. The Bertz CT molecular complexity index is 880. The summed E-state index contributed by atoms with van der Waals surface area (Å²) in [4.78, 5) is 23.4. The van der Waals surface area contributed by atoms with Crippen LogP contribution < -0.4 is 20.9 Å². The molecule has 166 valence electrons. The number of anilines is 1. The Labute approximate surface area is 184 Å². The van der Waals surface area contributed by atoms with E-state index >= 15 is 0 Å². The molecule has 31 heavy (non-hydrogen) atoms. The van der Waals surface area contributed by atoms with Crippen LogP contribution in [0.25, 0.3) is 0 Å². The van der Waals surface area contributed by atoms with Gasteiger partial charge in [0.2, 0.25) is 0 Å². The highest BCUT2D eigenvalue weighted by atomic mass is 16.5. The number of pyridine rings is 1. The summed E-state index contributed by atoms with van der Waals surface area (Å²) in [5.41, 5.74) is 2.87. The first kappa shape index (κ1) is 22.6. The minimum Gasteiger partial charge on any atom is -0.378 e. The molecule has 1 aliphatic heterocycles. The molecular formula is C23H32N6O2. The Morgan fingerprint density at radius 1 is 1.19 bits per heavy atom. The predicted molar refractivity (Wildman–Crippen MR) is 124 cm³/mol. The molecule has 2 aromatic rings. The first-order valence-electron chi connectivity index (χ1n) is 10.8. The highest BCUT2D eigenvalue weighted by molar-refractivity contribution is 5.94. The van der Waals surface area contributed by atoms with Gasteiger partial charge in [0.25, 0.3) is 5.91 Å². The molecule has 3 N–H and O–H groups in total. The van der Waals surface area contributed by atoms with Crippen LogP contribution in [0.15, 0.2) is 47.6 Å². The Morgan fingerprint density at radius 2 is 2.03 bits per heavy atom. The van der Waals surface area contributed by atoms with Crippen molar-refractivity contribution in [3.8, 4) is 0 Å². The van der Waals surface area contributed by atoms with Gasteiger partial charge in [-0.05, 0) is 37.1 Å². The molecule has 3 rings (SSSR count). The molecule has 0 saturated carbocycles. The fourth-order valence-electron chi connectivity index (χ4n) is 3.46. The maximum absolute atomic E-state index is 11.8. The summed E-state index contributed by atoms with van der Waals surface area (Å²) in [7, 11) is 1.64. The second-order valence-electron chi connectivity index (χ2n) is 7.24. The molecule has 2 heterocycles. The first-order valence-corrected chi connectivity index (χ1v) is 10.8. The van der Waals surface area contributed by atoms with Crippen LogP contribution in [0, 0.1) is 0 Å². The number of hydrogen-bond donors (Lipinski definition) is 3. The third-order valence-electron chi connectivity index (χ3n) is 5.05. The number of amides is 1. The molecule has 0 spiro atoms. The lowest BCUT2D eigenvalue weighted by atomic mass is 10.1. The minimum absolute atomic E-state index is 0.0720. The van der Waals surface area contributed by atoms with Crippen molar-refractivity contribution in [3.63, 3.8) is 0 Å². The smallest absolute Gasteiger partial charge is 0.251 e. The zero-order valence-corrected chi connectivity index (χ0v) is 18.4. The molecule has 8 nitrogen and oxygen atoms in total. The monoisotopic (exact) mass is 424 g/mol. The molecule has 1 aromatic heterocycles. The zero-order chi connectivity index (χ0) is 21.9. The summed E-state index contributed by atoms with van der Waals surface area (Å²) < 4.78 is 5.46. The van der Waals surface area contributed by atoms with Crippen LogP contribution in [0.2, 0.25) is 0 Å². The van der Waals surface area contributed by atoms with Gasteiger partial charge in [-0.25, -0.2) is 9.98 Å². The van der Waals surface area contributed by atoms with Gasteiger partial charge in [0, 0.05) is 50.6 Å². The maximum atomic E-state index is 11.8. The standard InChI is InChI=1S/C23H32N6O2/c1-3-25-23(27-11-9-18-6-4-7-19(16-18)22(30)24-2)28-17-20-8-5-10-26-21(20)29-12-14-31-15-13-29/h4-8,10,16H,3,9,11-15,17H2,1-2H3,(H,24,30)(H2,25,27,28). The van der Waals surface area contributed by atoms with Crippen molar-refractivity contribution in [1.82, 2.24) is 20.9 Å². The largest absolute Gasteiger partial charge is 0.378 e. The van der Waals surface area contributed by atoms with Crippen LogP contribution in [-0.2, 0) is 17.7 Å². The van der Waals surface area contributed by atoms with E-state index in [2.05, 4.69) is 31.9 Å². The fraction of sp³-hybridized carbons (Fsp3) is 0.435. The minimum atomic E-state index is -0.0720. The summed E-state index contributed by atoms with van der Waals surface area (Å²) in [6.07, 6.45) is 2.62. The Balaban J connectivity index is 1.60. The van der Waals surface area contributed by atoms with Crippen molar-refractivity contribution >= 4 is 17.7 Å². The number of aromatic nitrogens is 1. The van der Waals surface area contributed by atoms with Crippen LogP contribution in [0.5, 0.6) is 0 Å². The molecular weight excluding hydrogens is 392 g/mol. The molecule has 1 aliphatic rings. The summed E-state index contributed by atoms with van der Waals surface area (Å²) in [5, 5.41) is 9.34. The predicted octanol–water partition coefficient (Wildman–Crippen LogP) is 1.58. The normalized spacial score (nSPS) is 14.3. The topological polar surface area (TPSA) is 90.9 Å². The quantitative estimate of drug-likeness (QED) is 0.440. The molecule has 0 radical (unpaired) electrons. The average Bonchev–Trinajstić information content (AvgIpc) is 2.83. The number of carbonyl (C=O) groups excluding carboxylic acids is 1. The lowest BCUT2D eigenvalue weighted by Crippen LogP contribution is -2.38. The highest BCUT2D eigenvalue weighted by Gasteiger charge is 2.15. The van der Waals surface area contributed by atoms with E-state index < -0.39 is 0 Å². The number of carbonyl (C=O) groups is 1. The number of ether oxygens (including phenoxy) is 1. The van der Waals surface area contributed by atoms with Crippen LogP contribution in [0.3, 0.4) is 0 Å². The lowest BCUT2D eigenvalue weighted by molar-refractivity contribution is 0.0963. The van der Waals surface area contributed by atoms with Crippen molar-refractivity contribution in [2.75, 3.05) is 51.3 Å². The first-order chi connectivity index (χ1) is 15.2. The van der Waals surface area contributed by atoms with E-state index in [0.717, 1.165) is 62.2 Å². The molecule has 1 saturated heterocycles. The maximum Gasteiger partial charge on any atom is 0.251 e. The fourth-order valence-corrected chi connectivity index (χ4v) is 3.46. The summed E-state index contributed by atoms with van der Waals surface area (Å²) in [6, 6.07) is 11.7. The van der Waals surface area contributed by atoms with Gasteiger partial charge in [-0.15, -0.1) is 0 Å². The van der Waals surface area contributed by atoms with Crippen LogP contribution in [0.1, 0.15) is 28.4 Å². The number of nitrogens with one attached hydrogen (secondary N) is 3. The van der Waals surface area contributed by atoms with Gasteiger partial charge in [0.05, 0.1) is 19.8 Å². The van der Waals surface area contributed by atoms with Gasteiger partial charge in [0.15, 0.2) is 5.96 Å². The van der Waals surface area contributed by atoms with Crippen LogP contribution in [-0.4, -0.2) is 63.3 Å². The van der Waals surface area contributed by atoms with Crippen molar-refractivity contribution in [2.24, 2.45) is 4.99 Å². The van der Waals surface area contributed by atoms with E-state index in [4.69, 9.17) is 9.73 Å².